The van der Waals surface area contributed by atoms with Gasteiger partial charge in [0.25, 0.3) is 11.8 Å². The van der Waals surface area contributed by atoms with E-state index in [1.54, 1.807) is 0 Å². The average molecular weight is 549 g/mol. The van der Waals surface area contributed by atoms with Gasteiger partial charge in [-0.15, -0.1) is 0 Å². The Morgan fingerprint density at radius 2 is 1.79 bits per heavy atom. The number of hydrogen-bond acceptors (Lipinski definition) is 4. The summed E-state index contributed by atoms with van der Waals surface area (Å²) in [4.78, 5) is 37.6. The van der Waals surface area contributed by atoms with Crippen molar-refractivity contribution in [2.24, 2.45) is 0 Å². The number of rotatable bonds is 4. The van der Waals surface area contributed by atoms with Crippen LogP contribution in [-0.2, 0) is 15.7 Å². The molecular formula is C26H14ClF5N2O4. The summed E-state index contributed by atoms with van der Waals surface area (Å²) >= 11 is 6.26. The van der Waals surface area contributed by atoms with Crippen molar-refractivity contribution in [1.29, 1.82) is 0 Å². The Morgan fingerprint density at radius 3 is 2.47 bits per heavy atom. The van der Waals surface area contributed by atoms with E-state index < -0.39 is 52.8 Å². The predicted octanol–water partition coefficient (Wildman–Crippen LogP) is 5.66. The SMILES string of the molecule is O=C1C=C(c2cc(NC(=O)c3cc(F)cc(C(F)(F)F)c3)c3c(c2)C(=O)NC3c2cc(F)ccc2Cl)CO1. The van der Waals surface area contributed by atoms with Gasteiger partial charge in [-0.3, -0.25) is 9.59 Å². The lowest BCUT2D eigenvalue weighted by molar-refractivity contribution is -0.138. The number of carbonyl (C=O) groups is 3. The van der Waals surface area contributed by atoms with Gasteiger partial charge in [-0.05, 0) is 54.1 Å². The van der Waals surface area contributed by atoms with Gasteiger partial charge >= 0.3 is 12.1 Å². The van der Waals surface area contributed by atoms with Crippen LogP contribution in [0, 0.1) is 11.6 Å². The lowest BCUT2D eigenvalue weighted by atomic mass is 9.92. The molecule has 38 heavy (non-hydrogen) atoms. The molecule has 2 N–H and O–H groups in total. The van der Waals surface area contributed by atoms with Crippen molar-refractivity contribution in [1.82, 2.24) is 5.32 Å². The summed E-state index contributed by atoms with van der Waals surface area (Å²) in [5, 5.41) is 5.19. The van der Waals surface area contributed by atoms with Crippen LogP contribution in [0.5, 0.6) is 0 Å². The number of alkyl halides is 3. The van der Waals surface area contributed by atoms with Gasteiger partial charge in [0, 0.05) is 44.6 Å². The summed E-state index contributed by atoms with van der Waals surface area (Å²) < 4.78 is 72.5. The van der Waals surface area contributed by atoms with E-state index in [9.17, 15) is 36.3 Å². The molecule has 0 saturated heterocycles. The molecular weight excluding hydrogens is 535 g/mol. The van der Waals surface area contributed by atoms with E-state index >= 15 is 0 Å². The highest BCUT2D eigenvalue weighted by molar-refractivity contribution is 6.31. The van der Waals surface area contributed by atoms with Crippen molar-refractivity contribution in [3.63, 3.8) is 0 Å². The molecule has 1 unspecified atom stereocenters. The molecule has 194 valence electrons. The van der Waals surface area contributed by atoms with Crippen LogP contribution in [-0.4, -0.2) is 24.4 Å². The summed E-state index contributed by atoms with van der Waals surface area (Å²) in [5.74, 6) is -4.28. The van der Waals surface area contributed by atoms with Crippen LogP contribution < -0.4 is 10.6 Å². The molecule has 0 radical (unpaired) electrons. The molecule has 3 aromatic carbocycles. The lowest BCUT2D eigenvalue weighted by Crippen LogP contribution is -2.21. The van der Waals surface area contributed by atoms with Gasteiger partial charge in [-0.2, -0.15) is 13.2 Å². The molecule has 2 aliphatic heterocycles. The normalized spacial score (nSPS) is 16.6. The summed E-state index contributed by atoms with van der Waals surface area (Å²) in [7, 11) is 0. The Morgan fingerprint density at radius 1 is 1.03 bits per heavy atom. The second-order valence-corrected chi connectivity index (χ2v) is 8.92. The van der Waals surface area contributed by atoms with Crippen LogP contribution in [0.25, 0.3) is 5.57 Å². The first-order chi connectivity index (χ1) is 17.9. The Kier molecular flexibility index (Phi) is 6.18. The van der Waals surface area contributed by atoms with E-state index in [0.29, 0.717) is 23.3 Å². The molecule has 0 aliphatic carbocycles. The summed E-state index contributed by atoms with van der Waals surface area (Å²) in [6.07, 6.45) is -3.72. The van der Waals surface area contributed by atoms with Crippen LogP contribution in [0.4, 0.5) is 27.6 Å². The molecule has 0 spiro atoms. The maximum Gasteiger partial charge on any atom is 0.416 e. The summed E-state index contributed by atoms with van der Waals surface area (Å²) in [6.45, 7) is -0.120. The molecule has 0 aromatic heterocycles. The minimum absolute atomic E-state index is 0.0404. The van der Waals surface area contributed by atoms with E-state index in [0.717, 1.165) is 12.1 Å². The first-order valence-electron chi connectivity index (χ1n) is 10.9. The van der Waals surface area contributed by atoms with Gasteiger partial charge in [0.2, 0.25) is 0 Å². The van der Waals surface area contributed by atoms with Crippen molar-refractivity contribution in [3.8, 4) is 0 Å². The maximum atomic E-state index is 14.1. The second kappa shape index (κ2) is 9.25. The molecule has 3 aromatic rings. The topological polar surface area (TPSA) is 84.5 Å². The second-order valence-electron chi connectivity index (χ2n) is 8.52. The molecule has 12 heteroatoms. The third kappa shape index (κ3) is 4.72. The number of benzene rings is 3. The van der Waals surface area contributed by atoms with Gasteiger partial charge in [-0.1, -0.05) is 11.6 Å². The Balaban J connectivity index is 1.64. The monoisotopic (exact) mass is 548 g/mol. The molecule has 2 aliphatic rings. The summed E-state index contributed by atoms with van der Waals surface area (Å²) in [6, 6.07) is 6.63. The van der Waals surface area contributed by atoms with Crippen molar-refractivity contribution in [2.75, 3.05) is 11.9 Å². The smallest absolute Gasteiger partial charge is 0.416 e. The van der Waals surface area contributed by atoms with Crippen molar-refractivity contribution < 1.29 is 41.1 Å². The zero-order valence-corrected chi connectivity index (χ0v) is 19.6. The van der Waals surface area contributed by atoms with Gasteiger partial charge in [0.15, 0.2) is 0 Å². The molecule has 2 heterocycles. The standard InChI is InChI=1S/C26H14ClF5N2O4/c27-19-2-1-15(28)9-17(19)23-22-18(25(37)34-23)5-11(13-7-21(35)38-10-13)6-20(22)33-24(36)12-3-14(26(30,31)32)8-16(29)4-12/h1-9,23H,10H2,(H,33,36)(H,34,37). The minimum atomic E-state index is -4.91. The van der Waals surface area contributed by atoms with Gasteiger partial charge in [0.05, 0.1) is 11.6 Å². The number of halogens is 6. The Labute approximate surface area is 216 Å². The van der Waals surface area contributed by atoms with Crippen molar-refractivity contribution >= 4 is 40.6 Å². The van der Waals surface area contributed by atoms with Crippen LogP contribution >= 0.6 is 11.6 Å². The van der Waals surface area contributed by atoms with Crippen LogP contribution in [0.3, 0.4) is 0 Å². The van der Waals surface area contributed by atoms with Crippen LogP contribution in [0.15, 0.2) is 54.6 Å². The van der Waals surface area contributed by atoms with Crippen LogP contribution in [0.2, 0.25) is 5.02 Å². The number of amides is 2. The minimum Gasteiger partial charge on any atom is -0.458 e. The predicted molar refractivity (Wildman–Crippen MR) is 125 cm³/mol. The Hall–Kier alpha value is -4.25. The fraction of sp³-hybridized carbons (Fsp3) is 0.115. The number of ether oxygens (including phenoxy) is 1. The van der Waals surface area contributed by atoms with Crippen LogP contribution in [0.1, 0.15) is 49.0 Å². The van der Waals surface area contributed by atoms with Crippen molar-refractivity contribution in [2.45, 2.75) is 12.2 Å². The van der Waals surface area contributed by atoms with E-state index in [-0.39, 0.29) is 40.1 Å². The molecule has 0 bridgehead atoms. The summed E-state index contributed by atoms with van der Waals surface area (Å²) in [5.41, 5.74) is -1.02. The van der Waals surface area contributed by atoms with Crippen molar-refractivity contribution in [3.05, 3.63) is 105 Å². The number of fused-ring (bicyclic) bond motifs is 1. The van der Waals surface area contributed by atoms with Gasteiger partial charge in [-0.25, -0.2) is 13.6 Å². The zero-order chi connectivity index (χ0) is 27.4. The number of cyclic esters (lactones) is 1. The number of hydrogen-bond donors (Lipinski definition) is 2. The number of nitrogens with one attached hydrogen (secondary N) is 2. The highest BCUT2D eigenvalue weighted by atomic mass is 35.5. The number of carbonyl (C=O) groups excluding carboxylic acids is 3. The highest BCUT2D eigenvalue weighted by Gasteiger charge is 2.36. The fourth-order valence-electron chi connectivity index (χ4n) is 4.31. The first kappa shape index (κ1) is 25.4. The highest BCUT2D eigenvalue weighted by Crippen LogP contribution is 2.41. The first-order valence-corrected chi connectivity index (χ1v) is 11.3. The largest absolute Gasteiger partial charge is 0.458 e. The molecule has 6 nitrogen and oxygen atoms in total. The van der Waals surface area contributed by atoms with E-state index in [2.05, 4.69) is 10.6 Å². The molecule has 0 saturated carbocycles. The number of esters is 1. The lowest BCUT2D eigenvalue weighted by Gasteiger charge is -2.19. The molecule has 5 rings (SSSR count). The average Bonchev–Trinajstić information content (AvgIpc) is 3.43. The van der Waals surface area contributed by atoms with Gasteiger partial charge in [0.1, 0.15) is 18.2 Å². The molecule has 1 atom stereocenters. The van der Waals surface area contributed by atoms with E-state index in [4.69, 9.17) is 16.3 Å². The zero-order valence-electron chi connectivity index (χ0n) is 18.9. The third-order valence-electron chi connectivity index (χ3n) is 6.03. The van der Waals surface area contributed by atoms with E-state index in [1.807, 2.05) is 0 Å². The van der Waals surface area contributed by atoms with Gasteiger partial charge < -0.3 is 15.4 Å². The molecule has 2 amide bonds. The maximum absolute atomic E-state index is 14.1. The Bertz CT molecular complexity index is 1570. The quantitative estimate of drug-likeness (QED) is 0.325. The van der Waals surface area contributed by atoms with E-state index in [1.165, 1.54) is 24.3 Å². The molecule has 0 fully saturated rings. The number of anilines is 1. The third-order valence-corrected chi connectivity index (χ3v) is 6.37. The fourth-order valence-corrected chi connectivity index (χ4v) is 4.54.